The average Bonchev–Trinajstić information content (AvgIpc) is 2.78. The van der Waals surface area contributed by atoms with Gasteiger partial charge in [0.1, 0.15) is 17.4 Å². The highest BCUT2D eigenvalue weighted by atomic mass is 16.5. The van der Waals surface area contributed by atoms with Gasteiger partial charge in [-0.05, 0) is 75.3 Å². The van der Waals surface area contributed by atoms with E-state index in [2.05, 4.69) is 19.8 Å². The number of rotatable bonds is 4. The third-order valence-electron chi connectivity index (χ3n) is 8.15. The molecule has 7 rings (SSSR count). The standard InChI is InChI=1S/C26H32N4O2/c1-18-27-23(14-24(28-18)32-22-5-3-2-4-6-22)29-7-9-30(10-8-29)25(31)26-15-19-11-20(16-26)13-21(12-19)17-26/h2-6,14,19-21H,7-13,15-17H2,1H3. The molecule has 32 heavy (non-hydrogen) atoms. The van der Waals surface area contributed by atoms with Crippen molar-refractivity contribution in [2.24, 2.45) is 23.2 Å². The number of piperazine rings is 1. The zero-order chi connectivity index (χ0) is 21.7. The molecular weight excluding hydrogens is 400 g/mol. The van der Waals surface area contributed by atoms with Gasteiger partial charge in [-0.1, -0.05) is 18.2 Å². The molecule has 1 aromatic heterocycles. The number of hydrogen-bond donors (Lipinski definition) is 0. The lowest BCUT2D eigenvalue weighted by molar-refractivity contribution is -0.158. The van der Waals surface area contributed by atoms with Crippen molar-refractivity contribution in [1.82, 2.24) is 14.9 Å². The van der Waals surface area contributed by atoms with Crippen molar-refractivity contribution >= 4 is 11.7 Å². The molecule has 0 radical (unpaired) electrons. The van der Waals surface area contributed by atoms with E-state index in [0.717, 1.165) is 74.8 Å². The predicted octanol–water partition coefficient (Wildman–Crippen LogP) is 4.44. The molecule has 4 bridgehead atoms. The Morgan fingerprint density at radius 2 is 1.56 bits per heavy atom. The quantitative estimate of drug-likeness (QED) is 0.715. The Morgan fingerprint density at radius 3 is 2.19 bits per heavy atom. The van der Waals surface area contributed by atoms with E-state index in [-0.39, 0.29) is 5.41 Å². The molecule has 2 heterocycles. The van der Waals surface area contributed by atoms with E-state index in [0.29, 0.717) is 17.6 Å². The maximum absolute atomic E-state index is 13.7. The lowest BCUT2D eigenvalue weighted by atomic mass is 9.49. The Hall–Kier alpha value is -2.63. The Labute approximate surface area is 190 Å². The topological polar surface area (TPSA) is 58.6 Å². The molecule has 2 aromatic rings. The summed E-state index contributed by atoms with van der Waals surface area (Å²) in [6.07, 6.45) is 7.55. The Kier molecular flexibility index (Phi) is 4.85. The second-order valence-corrected chi connectivity index (χ2v) is 10.5. The maximum Gasteiger partial charge on any atom is 0.228 e. The van der Waals surface area contributed by atoms with Gasteiger partial charge < -0.3 is 14.5 Å². The van der Waals surface area contributed by atoms with Crippen molar-refractivity contribution in [3.05, 3.63) is 42.2 Å². The van der Waals surface area contributed by atoms with Crippen LogP contribution >= 0.6 is 0 Å². The number of nitrogens with zero attached hydrogens (tertiary/aromatic N) is 4. The summed E-state index contributed by atoms with van der Waals surface area (Å²) in [5, 5.41) is 0. The van der Waals surface area contributed by atoms with Crippen LogP contribution in [0, 0.1) is 30.1 Å². The molecular formula is C26H32N4O2. The molecule has 0 atom stereocenters. The molecule has 6 nitrogen and oxygen atoms in total. The first-order valence-electron chi connectivity index (χ1n) is 12.2. The highest BCUT2D eigenvalue weighted by Gasteiger charge is 2.55. The van der Waals surface area contributed by atoms with Gasteiger partial charge in [0, 0.05) is 32.2 Å². The molecule has 6 heteroatoms. The first kappa shape index (κ1) is 20.0. The molecule has 1 amide bonds. The van der Waals surface area contributed by atoms with E-state index in [9.17, 15) is 4.79 Å². The number of benzene rings is 1. The largest absolute Gasteiger partial charge is 0.439 e. The number of carbonyl (C=O) groups excluding carboxylic acids is 1. The van der Waals surface area contributed by atoms with Crippen molar-refractivity contribution < 1.29 is 9.53 Å². The van der Waals surface area contributed by atoms with Crippen LogP contribution in [0.1, 0.15) is 44.3 Å². The molecule has 0 spiro atoms. The molecule has 4 saturated carbocycles. The number of aryl methyl sites for hydroxylation is 1. The average molecular weight is 433 g/mol. The number of hydrogen-bond acceptors (Lipinski definition) is 5. The first-order valence-corrected chi connectivity index (χ1v) is 12.2. The van der Waals surface area contributed by atoms with Crippen molar-refractivity contribution in [1.29, 1.82) is 0 Å². The second kappa shape index (κ2) is 7.75. The van der Waals surface area contributed by atoms with Gasteiger partial charge in [0.2, 0.25) is 11.8 Å². The monoisotopic (exact) mass is 432 g/mol. The van der Waals surface area contributed by atoms with Gasteiger partial charge in [-0.3, -0.25) is 4.79 Å². The molecule has 1 saturated heterocycles. The van der Waals surface area contributed by atoms with Crippen molar-refractivity contribution in [2.75, 3.05) is 31.1 Å². The molecule has 5 fully saturated rings. The zero-order valence-corrected chi connectivity index (χ0v) is 18.9. The van der Waals surface area contributed by atoms with Crippen LogP contribution in [0.5, 0.6) is 11.6 Å². The van der Waals surface area contributed by atoms with E-state index < -0.39 is 0 Å². The molecule has 5 aliphatic rings. The Balaban J connectivity index is 1.13. The summed E-state index contributed by atoms with van der Waals surface area (Å²) in [5.41, 5.74) is -0.0425. The summed E-state index contributed by atoms with van der Waals surface area (Å²) in [6, 6.07) is 11.6. The molecule has 168 valence electrons. The summed E-state index contributed by atoms with van der Waals surface area (Å²) in [4.78, 5) is 27.2. The third-order valence-corrected chi connectivity index (χ3v) is 8.15. The van der Waals surface area contributed by atoms with E-state index in [1.165, 1.54) is 19.3 Å². The smallest absolute Gasteiger partial charge is 0.228 e. The minimum Gasteiger partial charge on any atom is -0.439 e. The summed E-state index contributed by atoms with van der Waals surface area (Å²) in [5.74, 6) is 5.76. The Bertz CT molecular complexity index is 965. The van der Waals surface area contributed by atoms with Crippen molar-refractivity contribution in [3.63, 3.8) is 0 Å². The predicted molar refractivity (Wildman–Crippen MR) is 123 cm³/mol. The van der Waals surface area contributed by atoms with E-state index in [4.69, 9.17) is 4.74 Å². The number of aromatic nitrogens is 2. The normalized spacial score (nSPS) is 31.1. The van der Waals surface area contributed by atoms with E-state index in [1.54, 1.807) is 0 Å². The first-order chi connectivity index (χ1) is 15.6. The van der Waals surface area contributed by atoms with Crippen LogP contribution in [0.4, 0.5) is 5.82 Å². The fourth-order valence-electron chi connectivity index (χ4n) is 7.20. The fraction of sp³-hybridized carbons (Fsp3) is 0.577. The molecule has 1 aromatic carbocycles. The SMILES string of the molecule is Cc1nc(Oc2ccccc2)cc(N2CCN(C(=O)C34CC5CC(CC(C5)C3)C4)CC2)n1. The van der Waals surface area contributed by atoms with Crippen molar-refractivity contribution in [3.8, 4) is 11.6 Å². The van der Waals surface area contributed by atoms with Gasteiger partial charge in [-0.15, -0.1) is 0 Å². The van der Waals surface area contributed by atoms with E-state index in [1.807, 2.05) is 43.3 Å². The maximum atomic E-state index is 13.7. The van der Waals surface area contributed by atoms with Crippen LogP contribution in [-0.2, 0) is 4.79 Å². The lowest BCUT2D eigenvalue weighted by Crippen LogP contribution is -2.58. The minimum absolute atomic E-state index is 0.0425. The zero-order valence-electron chi connectivity index (χ0n) is 18.9. The number of anilines is 1. The molecule has 0 N–H and O–H groups in total. The van der Waals surface area contributed by atoms with Gasteiger partial charge in [-0.2, -0.15) is 4.98 Å². The van der Waals surface area contributed by atoms with Gasteiger partial charge in [0.25, 0.3) is 0 Å². The lowest BCUT2D eigenvalue weighted by Gasteiger charge is -2.57. The summed E-state index contributed by atoms with van der Waals surface area (Å²) < 4.78 is 5.95. The van der Waals surface area contributed by atoms with Gasteiger partial charge in [0.05, 0.1) is 5.41 Å². The van der Waals surface area contributed by atoms with Crippen molar-refractivity contribution in [2.45, 2.75) is 45.4 Å². The molecule has 0 unspecified atom stereocenters. The number of carbonyl (C=O) groups is 1. The van der Waals surface area contributed by atoms with Crippen LogP contribution in [0.15, 0.2) is 36.4 Å². The highest BCUT2D eigenvalue weighted by molar-refractivity contribution is 5.83. The summed E-state index contributed by atoms with van der Waals surface area (Å²) >= 11 is 0. The minimum atomic E-state index is -0.0425. The summed E-state index contributed by atoms with van der Waals surface area (Å²) in [6.45, 7) is 5.06. The van der Waals surface area contributed by atoms with Crippen LogP contribution in [0.2, 0.25) is 0 Å². The van der Waals surface area contributed by atoms with Gasteiger partial charge in [-0.25, -0.2) is 4.98 Å². The molecule has 1 aliphatic heterocycles. The van der Waals surface area contributed by atoms with Crippen LogP contribution < -0.4 is 9.64 Å². The number of amides is 1. The van der Waals surface area contributed by atoms with Crippen LogP contribution in [0.3, 0.4) is 0 Å². The number of ether oxygens (including phenoxy) is 1. The van der Waals surface area contributed by atoms with Crippen LogP contribution in [-0.4, -0.2) is 47.0 Å². The second-order valence-electron chi connectivity index (χ2n) is 10.5. The van der Waals surface area contributed by atoms with Gasteiger partial charge >= 0.3 is 0 Å². The highest BCUT2D eigenvalue weighted by Crippen LogP contribution is 2.60. The van der Waals surface area contributed by atoms with Gasteiger partial charge in [0.15, 0.2) is 0 Å². The number of para-hydroxylation sites is 1. The third kappa shape index (κ3) is 3.63. The Morgan fingerprint density at radius 1 is 0.938 bits per heavy atom. The molecule has 4 aliphatic carbocycles. The van der Waals surface area contributed by atoms with E-state index >= 15 is 0 Å². The summed E-state index contributed by atoms with van der Waals surface area (Å²) in [7, 11) is 0. The van der Waals surface area contributed by atoms with Crippen LogP contribution in [0.25, 0.3) is 0 Å². The fourth-order valence-corrected chi connectivity index (χ4v) is 7.20.